The van der Waals surface area contributed by atoms with E-state index >= 15 is 0 Å². The average molecular weight is 361 g/mol. The molecule has 0 aromatic heterocycles. The first kappa shape index (κ1) is 18.8. The molecule has 0 saturated carbocycles. The second-order valence-corrected chi connectivity index (χ2v) is 6.59. The van der Waals surface area contributed by atoms with Crippen LogP contribution in [0.15, 0.2) is 42.5 Å². The van der Waals surface area contributed by atoms with Crippen LogP contribution in [0.3, 0.4) is 0 Å². The van der Waals surface area contributed by atoms with Crippen molar-refractivity contribution in [2.45, 2.75) is 13.3 Å². The number of carbonyl (C=O) groups is 2. The highest BCUT2D eigenvalue weighted by Crippen LogP contribution is 2.22. The van der Waals surface area contributed by atoms with Crippen molar-refractivity contribution in [1.29, 1.82) is 0 Å². The Bertz CT molecular complexity index is 773. The number of carboxylic acids is 1. The van der Waals surface area contributed by atoms with Crippen molar-refractivity contribution in [3.05, 3.63) is 58.6 Å². The van der Waals surface area contributed by atoms with Gasteiger partial charge in [-0.15, -0.1) is 0 Å². The molecule has 0 fully saturated rings. The number of nitrogens with zero attached hydrogens (tertiary/aromatic N) is 1. The fourth-order valence-electron chi connectivity index (χ4n) is 2.44. The molecule has 2 N–H and O–H groups in total. The number of amides is 1. The first-order valence-electron chi connectivity index (χ1n) is 7.88. The fraction of sp³-hybridized carbons (Fsp3) is 0.263. The number of carboxylic acid groups (broad SMARTS) is 1. The van der Waals surface area contributed by atoms with Crippen molar-refractivity contribution >= 4 is 34.9 Å². The number of benzene rings is 2. The highest BCUT2D eigenvalue weighted by molar-refractivity contribution is 6.31. The Morgan fingerprint density at radius 3 is 2.36 bits per heavy atom. The Kier molecular flexibility index (Phi) is 6.04. The zero-order valence-corrected chi connectivity index (χ0v) is 15.2. The highest BCUT2D eigenvalue weighted by atomic mass is 35.5. The van der Waals surface area contributed by atoms with Gasteiger partial charge in [0.1, 0.15) is 0 Å². The van der Waals surface area contributed by atoms with E-state index in [0.29, 0.717) is 11.4 Å². The third-order valence-corrected chi connectivity index (χ3v) is 4.15. The van der Waals surface area contributed by atoms with Crippen LogP contribution in [0.4, 0.5) is 11.4 Å². The topological polar surface area (TPSA) is 69.6 Å². The second kappa shape index (κ2) is 8.03. The molecular weight excluding hydrogens is 340 g/mol. The summed E-state index contributed by atoms with van der Waals surface area (Å²) in [5.41, 5.74) is 2.35. The van der Waals surface area contributed by atoms with Gasteiger partial charge in [0.05, 0.1) is 11.3 Å². The van der Waals surface area contributed by atoms with Gasteiger partial charge >= 0.3 is 5.97 Å². The van der Waals surface area contributed by atoms with Crippen LogP contribution in [-0.2, 0) is 11.2 Å². The second-order valence-electron chi connectivity index (χ2n) is 6.15. The molecule has 2 rings (SSSR count). The number of anilines is 2. The maximum atomic E-state index is 12.4. The summed E-state index contributed by atoms with van der Waals surface area (Å²) in [5.74, 6) is -1.67. The molecule has 0 aliphatic heterocycles. The van der Waals surface area contributed by atoms with Crippen LogP contribution in [0.1, 0.15) is 22.8 Å². The molecule has 5 nitrogen and oxygen atoms in total. The predicted octanol–water partition coefficient (Wildman–Crippen LogP) is 3.92. The van der Waals surface area contributed by atoms with E-state index in [1.165, 1.54) is 18.2 Å². The van der Waals surface area contributed by atoms with E-state index in [1.807, 2.05) is 43.3 Å². The minimum Gasteiger partial charge on any atom is -0.478 e. The van der Waals surface area contributed by atoms with Crippen LogP contribution in [-0.4, -0.2) is 31.1 Å². The molecule has 0 saturated heterocycles. The zero-order chi connectivity index (χ0) is 18.6. The molecule has 132 valence electrons. The van der Waals surface area contributed by atoms with Gasteiger partial charge in [-0.2, -0.15) is 0 Å². The van der Waals surface area contributed by atoms with Crippen molar-refractivity contribution < 1.29 is 14.7 Å². The van der Waals surface area contributed by atoms with Gasteiger partial charge in [-0.1, -0.05) is 30.7 Å². The number of rotatable bonds is 6. The molecule has 2 aromatic rings. The van der Waals surface area contributed by atoms with Gasteiger partial charge in [0.15, 0.2) is 0 Å². The third-order valence-electron chi connectivity index (χ3n) is 3.91. The summed E-state index contributed by atoms with van der Waals surface area (Å²) in [6, 6.07) is 12.3. The van der Waals surface area contributed by atoms with Gasteiger partial charge in [0, 0.05) is 30.7 Å². The molecule has 0 aliphatic rings. The maximum Gasteiger partial charge on any atom is 0.337 e. The summed E-state index contributed by atoms with van der Waals surface area (Å²) in [5, 5.41) is 12.3. The number of hydrogen-bond donors (Lipinski definition) is 2. The predicted molar refractivity (Wildman–Crippen MR) is 101 cm³/mol. The van der Waals surface area contributed by atoms with Crippen LogP contribution < -0.4 is 10.2 Å². The SMILES string of the molecule is CC(Cc1ccc(N(C)C)cc1)C(=O)Nc1cc(Cl)ccc1C(=O)O. The lowest BCUT2D eigenvalue weighted by Gasteiger charge is -2.16. The monoisotopic (exact) mass is 360 g/mol. The van der Waals surface area contributed by atoms with Crippen LogP contribution >= 0.6 is 11.6 Å². The molecule has 0 heterocycles. The molecule has 0 spiro atoms. The Labute approximate surface area is 152 Å². The zero-order valence-electron chi connectivity index (χ0n) is 14.4. The van der Waals surface area contributed by atoms with Crippen molar-refractivity contribution in [2.24, 2.45) is 5.92 Å². The Hall–Kier alpha value is -2.53. The quantitative estimate of drug-likeness (QED) is 0.819. The number of hydrogen-bond acceptors (Lipinski definition) is 3. The summed E-state index contributed by atoms with van der Waals surface area (Å²) in [6.07, 6.45) is 0.558. The fourth-order valence-corrected chi connectivity index (χ4v) is 2.61. The van der Waals surface area contributed by atoms with Gasteiger partial charge in [0.2, 0.25) is 5.91 Å². The van der Waals surface area contributed by atoms with E-state index in [0.717, 1.165) is 11.3 Å². The van der Waals surface area contributed by atoms with Gasteiger partial charge < -0.3 is 15.3 Å². The molecule has 2 aromatic carbocycles. The van der Waals surface area contributed by atoms with Crippen LogP contribution in [0.25, 0.3) is 0 Å². The average Bonchev–Trinajstić information content (AvgIpc) is 2.55. The van der Waals surface area contributed by atoms with Crippen molar-refractivity contribution in [3.63, 3.8) is 0 Å². The molecule has 1 amide bonds. The first-order chi connectivity index (χ1) is 11.8. The van der Waals surface area contributed by atoms with E-state index in [1.54, 1.807) is 6.92 Å². The van der Waals surface area contributed by atoms with Gasteiger partial charge in [-0.3, -0.25) is 4.79 Å². The molecule has 0 radical (unpaired) electrons. The molecule has 0 aliphatic carbocycles. The van der Waals surface area contributed by atoms with E-state index in [-0.39, 0.29) is 23.1 Å². The molecular formula is C19H21ClN2O3. The lowest BCUT2D eigenvalue weighted by atomic mass is 9.99. The normalized spacial score (nSPS) is 11.7. The van der Waals surface area contributed by atoms with Crippen molar-refractivity contribution in [1.82, 2.24) is 0 Å². The van der Waals surface area contributed by atoms with E-state index in [2.05, 4.69) is 5.32 Å². The van der Waals surface area contributed by atoms with Crippen molar-refractivity contribution in [3.8, 4) is 0 Å². The van der Waals surface area contributed by atoms with Gasteiger partial charge in [-0.05, 0) is 42.3 Å². The van der Waals surface area contributed by atoms with Gasteiger partial charge in [0.25, 0.3) is 0 Å². The lowest BCUT2D eigenvalue weighted by molar-refractivity contribution is -0.119. The van der Waals surface area contributed by atoms with Gasteiger partial charge in [-0.25, -0.2) is 4.79 Å². The molecule has 0 bridgehead atoms. The minimum atomic E-state index is -1.11. The Balaban J connectivity index is 2.08. The number of aromatic carboxylic acids is 1. The number of nitrogens with one attached hydrogen (secondary N) is 1. The number of carbonyl (C=O) groups excluding carboxylic acids is 1. The van der Waals surface area contributed by atoms with E-state index < -0.39 is 5.97 Å². The lowest BCUT2D eigenvalue weighted by Crippen LogP contribution is -2.23. The van der Waals surface area contributed by atoms with Crippen LogP contribution in [0, 0.1) is 5.92 Å². The smallest absolute Gasteiger partial charge is 0.337 e. The third kappa shape index (κ3) is 4.97. The van der Waals surface area contributed by atoms with Crippen molar-refractivity contribution in [2.75, 3.05) is 24.3 Å². The summed E-state index contributed by atoms with van der Waals surface area (Å²) in [4.78, 5) is 25.7. The largest absolute Gasteiger partial charge is 0.478 e. The maximum absolute atomic E-state index is 12.4. The molecule has 1 atom stereocenters. The van der Waals surface area contributed by atoms with E-state index in [9.17, 15) is 14.7 Å². The first-order valence-corrected chi connectivity index (χ1v) is 8.25. The van der Waals surface area contributed by atoms with E-state index in [4.69, 9.17) is 11.6 Å². The van der Waals surface area contributed by atoms with Crippen LogP contribution in [0.5, 0.6) is 0 Å². The Morgan fingerprint density at radius 2 is 1.80 bits per heavy atom. The highest BCUT2D eigenvalue weighted by Gasteiger charge is 2.18. The summed E-state index contributed by atoms with van der Waals surface area (Å²) in [7, 11) is 3.94. The number of halogens is 1. The summed E-state index contributed by atoms with van der Waals surface area (Å²) >= 11 is 5.91. The van der Waals surface area contributed by atoms with Crippen LogP contribution in [0.2, 0.25) is 5.02 Å². The summed E-state index contributed by atoms with van der Waals surface area (Å²) < 4.78 is 0. The molecule has 6 heteroatoms. The standard InChI is InChI=1S/C19H21ClN2O3/c1-12(10-13-4-7-15(8-5-13)22(2)3)18(23)21-17-11-14(20)6-9-16(17)19(24)25/h4-9,11-12H,10H2,1-3H3,(H,21,23)(H,24,25). The summed E-state index contributed by atoms with van der Waals surface area (Å²) in [6.45, 7) is 1.81. The molecule has 1 unspecified atom stereocenters. The Morgan fingerprint density at radius 1 is 1.16 bits per heavy atom. The minimum absolute atomic E-state index is 0.0142. The molecule has 25 heavy (non-hydrogen) atoms.